The quantitative estimate of drug-likeness (QED) is 0.903. The van der Waals surface area contributed by atoms with Crippen LogP contribution in [-0.2, 0) is 0 Å². The van der Waals surface area contributed by atoms with Gasteiger partial charge in [-0.2, -0.15) is 0 Å². The van der Waals surface area contributed by atoms with Crippen molar-refractivity contribution in [2.75, 3.05) is 5.32 Å². The lowest BCUT2D eigenvalue weighted by Gasteiger charge is -2.11. The van der Waals surface area contributed by atoms with Gasteiger partial charge in [-0.15, -0.1) is 0 Å². The van der Waals surface area contributed by atoms with Gasteiger partial charge in [0, 0.05) is 17.4 Å². The number of hydrogen-bond acceptors (Lipinski definition) is 3. The van der Waals surface area contributed by atoms with Crippen LogP contribution in [0.5, 0.6) is 0 Å². The highest BCUT2D eigenvalue weighted by Crippen LogP contribution is 2.30. The predicted molar refractivity (Wildman–Crippen MR) is 80.3 cm³/mol. The van der Waals surface area contributed by atoms with E-state index < -0.39 is 11.9 Å². The molecular weight excluding hydrogens is 315 g/mol. The van der Waals surface area contributed by atoms with Crippen LogP contribution in [0.3, 0.4) is 0 Å². The molecule has 1 heterocycles. The summed E-state index contributed by atoms with van der Waals surface area (Å²) in [6.45, 7) is 1.79. The van der Waals surface area contributed by atoms with Gasteiger partial charge in [-0.25, -0.2) is 4.79 Å². The maximum atomic E-state index is 12.1. The van der Waals surface area contributed by atoms with E-state index in [-0.39, 0.29) is 21.3 Å². The fourth-order valence-electron chi connectivity index (χ4n) is 1.73. The van der Waals surface area contributed by atoms with Gasteiger partial charge in [0.25, 0.3) is 5.91 Å². The van der Waals surface area contributed by atoms with Crippen LogP contribution in [0.2, 0.25) is 10.0 Å². The fraction of sp³-hybridized carbons (Fsp3) is 0.0714. The van der Waals surface area contributed by atoms with Gasteiger partial charge < -0.3 is 10.4 Å². The minimum absolute atomic E-state index is 0.0000674. The third-order valence-electron chi connectivity index (χ3n) is 2.66. The Kier molecular flexibility index (Phi) is 4.45. The summed E-state index contributed by atoms with van der Waals surface area (Å²) in [5, 5.41) is 11.9. The summed E-state index contributed by atoms with van der Waals surface area (Å²) in [6.07, 6.45) is 2.99. The van der Waals surface area contributed by atoms with Crippen molar-refractivity contribution < 1.29 is 14.7 Å². The highest BCUT2D eigenvalue weighted by Gasteiger charge is 2.18. The number of aryl methyl sites for hydroxylation is 1. The average molecular weight is 325 g/mol. The first kappa shape index (κ1) is 15.3. The third-order valence-corrected chi connectivity index (χ3v) is 3.18. The molecule has 0 unspecified atom stereocenters. The molecule has 0 aliphatic rings. The molecule has 2 aromatic rings. The van der Waals surface area contributed by atoms with Crippen molar-refractivity contribution in [2.45, 2.75) is 6.92 Å². The van der Waals surface area contributed by atoms with Crippen LogP contribution in [-0.4, -0.2) is 22.0 Å². The Bertz CT molecular complexity index is 732. The Morgan fingerprint density at radius 3 is 2.52 bits per heavy atom. The van der Waals surface area contributed by atoms with Crippen LogP contribution in [0.15, 0.2) is 30.6 Å². The topological polar surface area (TPSA) is 79.3 Å². The van der Waals surface area contributed by atoms with E-state index in [4.69, 9.17) is 28.3 Å². The number of nitrogens with one attached hydrogen (secondary N) is 1. The molecule has 0 saturated carbocycles. The molecular formula is C14H10Cl2N2O3. The summed E-state index contributed by atoms with van der Waals surface area (Å²) in [6, 6.07) is 4.21. The van der Waals surface area contributed by atoms with Crippen molar-refractivity contribution >= 4 is 40.8 Å². The first-order valence-electron chi connectivity index (χ1n) is 5.84. The van der Waals surface area contributed by atoms with Crippen molar-refractivity contribution in [3.63, 3.8) is 0 Å². The number of aromatic carboxylic acids is 1. The summed E-state index contributed by atoms with van der Waals surface area (Å²) in [4.78, 5) is 27.3. The molecule has 108 valence electrons. The van der Waals surface area contributed by atoms with Crippen molar-refractivity contribution in [3.8, 4) is 0 Å². The van der Waals surface area contributed by atoms with Gasteiger partial charge in [-0.3, -0.25) is 9.78 Å². The number of carbonyl (C=O) groups is 2. The molecule has 7 heteroatoms. The lowest BCUT2D eigenvalue weighted by Crippen LogP contribution is -2.15. The number of amides is 1. The Morgan fingerprint density at radius 2 is 1.90 bits per heavy atom. The Morgan fingerprint density at radius 1 is 1.19 bits per heavy atom. The smallest absolute Gasteiger partial charge is 0.337 e. The number of rotatable bonds is 3. The van der Waals surface area contributed by atoms with Gasteiger partial charge in [-0.05, 0) is 30.7 Å². The van der Waals surface area contributed by atoms with Gasteiger partial charge in [0.2, 0.25) is 0 Å². The van der Waals surface area contributed by atoms with Crippen LogP contribution in [0.1, 0.15) is 26.3 Å². The van der Waals surface area contributed by atoms with Crippen LogP contribution in [0, 0.1) is 6.92 Å². The number of nitrogens with zero attached hydrogens (tertiary/aromatic N) is 1. The minimum Gasteiger partial charge on any atom is -0.478 e. The zero-order valence-electron chi connectivity index (χ0n) is 10.9. The van der Waals surface area contributed by atoms with Gasteiger partial charge in [0.15, 0.2) is 0 Å². The number of aromatic nitrogens is 1. The van der Waals surface area contributed by atoms with E-state index in [0.717, 1.165) is 5.56 Å². The van der Waals surface area contributed by atoms with Crippen LogP contribution >= 0.6 is 23.2 Å². The maximum Gasteiger partial charge on any atom is 0.337 e. The minimum atomic E-state index is -1.24. The largest absolute Gasteiger partial charge is 0.478 e. The highest BCUT2D eigenvalue weighted by atomic mass is 35.5. The number of pyridine rings is 1. The molecule has 1 aromatic heterocycles. The summed E-state index contributed by atoms with van der Waals surface area (Å²) in [7, 11) is 0. The van der Waals surface area contributed by atoms with Gasteiger partial charge in [0.05, 0.1) is 21.8 Å². The molecule has 0 fully saturated rings. The van der Waals surface area contributed by atoms with E-state index in [0.29, 0.717) is 5.56 Å². The number of carboxylic acids is 1. The first-order chi connectivity index (χ1) is 9.88. The molecule has 21 heavy (non-hydrogen) atoms. The summed E-state index contributed by atoms with van der Waals surface area (Å²) in [5.41, 5.74) is 0.933. The van der Waals surface area contributed by atoms with Gasteiger partial charge in [0.1, 0.15) is 0 Å². The molecule has 0 bridgehead atoms. The van der Waals surface area contributed by atoms with Crippen molar-refractivity contribution in [3.05, 3.63) is 57.3 Å². The number of halogens is 2. The summed E-state index contributed by atoms with van der Waals surface area (Å²) in [5.74, 6) is -1.74. The van der Waals surface area contributed by atoms with E-state index >= 15 is 0 Å². The molecule has 0 saturated heterocycles. The van der Waals surface area contributed by atoms with Crippen molar-refractivity contribution in [2.24, 2.45) is 0 Å². The molecule has 0 aliphatic heterocycles. The number of carboxylic acid groups (broad SMARTS) is 1. The Balaban J connectivity index is 2.39. The molecule has 2 rings (SSSR count). The summed E-state index contributed by atoms with van der Waals surface area (Å²) < 4.78 is 0. The molecule has 2 N–H and O–H groups in total. The SMILES string of the molecule is Cc1cncc(C(=O)Nc2c(Cl)cc(Cl)cc2C(=O)O)c1. The maximum absolute atomic E-state index is 12.1. The third kappa shape index (κ3) is 3.51. The monoisotopic (exact) mass is 324 g/mol. The van der Waals surface area contributed by atoms with Crippen molar-refractivity contribution in [1.29, 1.82) is 0 Å². The highest BCUT2D eigenvalue weighted by molar-refractivity contribution is 6.38. The fourth-order valence-corrected chi connectivity index (χ4v) is 2.27. The zero-order chi connectivity index (χ0) is 15.6. The zero-order valence-corrected chi connectivity index (χ0v) is 12.4. The van der Waals surface area contributed by atoms with Crippen LogP contribution in [0.25, 0.3) is 0 Å². The second-order valence-electron chi connectivity index (χ2n) is 4.32. The van der Waals surface area contributed by atoms with Crippen LogP contribution < -0.4 is 5.32 Å². The predicted octanol–water partition coefficient (Wildman–Crippen LogP) is 3.65. The normalized spacial score (nSPS) is 10.2. The second-order valence-corrected chi connectivity index (χ2v) is 5.16. The van der Waals surface area contributed by atoms with E-state index in [9.17, 15) is 9.59 Å². The second kappa shape index (κ2) is 6.11. The van der Waals surface area contributed by atoms with Crippen LogP contribution in [0.4, 0.5) is 5.69 Å². The molecule has 0 radical (unpaired) electrons. The summed E-state index contributed by atoms with van der Waals surface area (Å²) >= 11 is 11.7. The average Bonchev–Trinajstić information content (AvgIpc) is 2.41. The number of anilines is 1. The van der Waals surface area contributed by atoms with Crippen molar-refractivity contribution in [1.82, 2.24) is 4.98 Å². The molecule has 0 atom stereocenters. The molecule has 1 amide bonds. The lowest BCUT2D eigenvalue weighted by atomic mass is 10.1. The molecule has 0 spiro atoms. The molecule has 0 aliphatic carbocycles. The number of benzene rings is 1. The van der Waals surface area contributed by atoms with E-state index in [1.165, 1.54) is 18.3 Å². The van der Waals surface area contributed by atoms with E-state index in [2.05, 4.69) is 10.3 Å². The van der Waals surface area contributed by atoms with Gasteiger partial charge in [-0.1, -0.05) is 23.2 Å². The number of carbonyl (C=O) groups excluding carboxylic acids is 1. The van der Waals surface area contributed by atoms with Gasteiger partial charge >= 0.3 is 5.97 Å². The van der Waals surface area contributed by atoms with E-state index in [1.807, 2.05) is 0 Å². The Labute approximate surface area is 130 Å². The Hall–Kier alpha value is -2.11. The van der Waals surface area contributed by atoms with E-state index in [1.54, 1.807) is 19.2 Å². The lowest BCUT2D eigenvalue weighted by molar-refractivity contribution is 0.0698. The molecule has 5 nitrogen and oxygen atoms in total. The number of hydrogen-bond donors (Lipinski definition) is 2. The standard InChI is InChI=1S/C14H10Cl2N2O3/c1-7-2-8(6-17-5-7)13(19)18-12-10(14(20)21)3-9(15)4-11(12)16/h2-6H,1H3,(H,18,19)(H,20,21). The molecule has 1 aromatic carbocycles. The first-order valence-corrected chi connectivity index (χ1v) is 6.59.